The van der Waals surface area contributed by atoms with Crippen LogP contribution in [0.15, 0.2) is 25.1 Å². The lowest BCUT2D eigenvalue weighted by Crippen LogP contribution is -2.26. The van der Waals surface area contributed by atoms with Gasteiger partial charge in [0.05, 0.1) is 0 Å². The smallest absolute Gasteiger partial charge is 0.444 e. The van der Waals surface area contributed by atoms with Gasteiger partial charge in [-0.2, -0.15) is 0 Å². The zero-order valence-corrected chi connectivity index (χ0v) is 5.03. The van der Waals surface area contributed by atoms with E-state index in [0.29, 0.717) is 0 Å². The van der Waals surface area contributed by atoms with Crippen molar-refractivity contribution in [2.45, 2.75) is 0 Å². The summed E-state index contributed by atoms with van der Waals surface area (Å²) in [6, 6.07) is 0. The molecular formula is C4H8B2O3. The molecule has 3 nitrogen and oxygen atoms in total. The van der Waals surface area contributed by atoms with Crippen molar-refractivity contribution in [1.82, 2.24) is 0 Å². The summed E-state index contributed by atoms with van der Waals surface area (Å²) in [6.07, 6.45) is 0. The van der Waals surface area contributed by atoms with Gasteiger partial charge in [0, 0.05) is 0 Å². The Hall–Kier alpha value is -0.510. The molecule has 5 heteroatoms. The van der Waals surface area contributed by atoms with Gasteiger partial charge in [-0.3, -0.25) is 0 Å². The van der Waals surface area contributed by atoms with Crippen molar-refractivity contribution in [2.24, 2.45) is 0 Å². The zero-order chi connectivity index (χ0) is 7.28. The summed E-state index contributed by atoms with van der Waals surface area (Å²) >= 11 is 0. The van der Waals surface area contributed by atoms with Gasteiger partial charge in [-0.15, -0.1) is 13.2 Å². The molecule has 0 saturated carbocycles. The van der Waals surface area contributed by atoms with Gasteiger partial charge in [0.15, 0.2) is 0 Å². The maximum absolute atomic E-state index is 8.61. The minimum absolute atomic E-state index is 1.13. The van der Waals surface area contributed by atoms with Crippen molar-refractivity contribution < 1.29 is 14.6 Å². The van der Waals surface area contributed by atoms with Crippen LogP contribution in [0, 0.1) is 0 Å². The Kier molecular flexibility index (Phi) is 4.13. The summed E-state index contributed by atoms with van der Waals surface area (Å²) in [6.45, 7) is 6.46. The fourth-order valence-electron chi connectivity index (χ4n) is 0.254. The summed E-state index contributed by atoms with van der Waals surface area (Å²) in [5.41, 5.74) is 0. The Labute approximate surface area is 54.9 Å². The van der Waals surface area contributed by atoms with Crippen molar-refractivity contribution in [1.29, 1.82) is 0 Å². The molecule has 0 saturated heterocycles. The topological polar surface area (TPSA) is 49.7 Å². The van der Waals surface area contributed by atoms with E-state index < -0.39 is 14.2 Å². The number of hydrogen-bond acceptors (Lipinski definition) is 3. The van der Waals surface area contributed by atoms with Crippen LogP contribution >= 0.6 is 0 Å². The van der Waals surface area contributed by atoms with Gasteiger partial charge in [0.25, 0.3) is 0 Å². The molecule has 0 rings (SSSR count). The monoisotopic (exact) mass is 126 g/mol. The molecule has 0 aromatic heterocycles. The van der Waals surface area contributed by atoms with Crippen LogP contribution in [0.5, 0.6) is 0 Å². The first-order valence-corrected chi connectivity index (χ1v) is 2.47. The molecule has 0 spiro atoms. The van der Waals surface area contributed by atoms with E-state index in [1.165, 1.54) is 0 Å². The largest absolute Gasteiger partial charge is 0.469 e. The van der Waals surface area contributed by atoms with Crippen molar-refractivity contribution in [3.05, 3.63) is 25.1 Å². The van der Waals surface area contributed by atoms with Crippen molar-refractivity contribution in [3.8, 4) is 0 Å². The quantitative estimate of drug-likeness (QED) is 0.495. The highest BCUT2D eigenvalue weighted by Gasteiger charge is 2.14. The molecule has 0 aromatic rings. The average molecular weight is 126 g/mol. The molecular weight excluding hydrogens is 118 g/mol. The maximum Gasteiger partial charge on any atom is 0.469 e. The number of rotatable bonds is 4. The lowest BCUT2D eigenvalue weighted by Gasteiger charge is -2.02. The van der Waals surface area contributed by atoms with Crippen LogP contribution in [0.4, 0.5) is 0 Å². The molecule has 0 bridgehead atoms. The van der Waals surface area contributed by atoms with Crippen LogP contribution in [0.1, 0.15) is 0 Å². The van der Waals surface area contributed by atoms with E-state index in [4.69, 9.17) is 10.0 Å². The fraction of sp³-hybridized carbons (Fsp3) is 0. The van der Waals surface area contributed by atoms with Crippen LogP contribution in [0.2, 0.25) is 0 Å². The molecule has 0 atom stereocenters. The number of hydrogen-bond donors (Lipinski definition) is 2. The summed E-state index contributed by atoms with van der Waals surface area (Å²) < 4.78 is 4.42. The van der Waals surface area contributed by atoms with E-state index in [0.717, 1.165) is 12.0 Å². The first kappa shape index (κ1) is 8.49. The second kappa shape index (κ2) is 4.38. The van der Waals surface area contributed by atoms with Gasteiger partial charge >= 0.3 is 14.2 Å². The summed E-state index contributed by atoms with van der Waals surface area (Å²) in [7, 11) is -2.25. The molecule has 0 radical (unpaired) electrons. The zero-order valence-electron chi connectivity index (χ0n) is 5.03. The summed E-state index contributed by atoms with van der Waals surface area (Å²) in [4.78, 5) is 0. The van der Waals surface area contributed by atoms with Crippen molar-refractivity contribution in [2.75, 3.05) is 0 Å². The Bertz CT molecular complexity index is 94.0. The van der Waals surface area contributed by atoms with E-state index >= 15 is 0 Å². The molecule has 0 aliphatic carbocycles. The Balaban J connectivity index is 3.45. The molecule has 0 fully saturated rings. The standard InChI is InChI=1S/C4H8B2O3/c1-3-5(7)9-6(8)4-2/h3-4,7-8H,1-2H2. The molecule has 0 amide bonds. The lowest BCUT2D eigenvalue weighted by atomic mass is 9.82. The van der Waals surface area contributed by atoms with E-state index in [-0.39, 0.29) is 0 Å². The van der Waals surface area contributed by atoms with Crippen molar-refractivity contribution >= 4 is 14.2 Å². The molecule has 0 aliphatic rings. The van der Waals surface area contributed by atoms with Crippen LogP contribution in [-0.4, -0.2) is 24.3 Å². The van der Waals surface area contributed by atoms with Crippen LogP contribution in [0.3, 0.4) is 0 Å². The molecule has 0 aromatic carbocycles. The third kappa shape index (κ3) is 4.02. The predicted molar refractivity (Wildman–Crippen MR) is 37.4 cm³/mol. The highest BCUT2D eigenvalue weighted by molar-refractivity contribution is 6.63. The minimum atomic E-state index is -1.13. The van der Waals surface area contributed by atoms with Gasteiger partial charge in [-0.25, -0.2) is 0 Å². The average Bonchev–Trinajstić information content (AvgIpc) is 1.87. The Morgan fingerprint density at radius 1 is 1.11 bits per heavy atom. The minimum Gasteiger partial charge on any atom is -0.444 e. The maximum atomic E-state index is 8.61. The van der Waals surface area contributed by atoms with E-state index in [2.05, 4.69) is 17.7 Å². The molecule has 9 heavy (non-hydrogen) atoms. The normalized spacial score (nSPS) is 8.22. The molecule has 2 N–H and O–H groups in total. The van der Waals surface area contributed by atoms with E-state index in [1.54, 1.807) is 0 Å². The molecule has 0 heterocycles. The molecule has 0 unspecified atom stereocenters. The summed E-state index contributed by atoms with van der Waals surface area (Å²) in [5, 5.41) is 17.2. The van der Waals surface area contributed by atoms with Crippen LogP contribution in [0.25, 0.3) is 0 Å². The Morgan fingerprint density at radius 3 is 1.67 bits per heavy atom. The first-order chi connectivity index (χ1) is 4.20. The van der Waals surface area contributed by atoms with Gasteiger partial charge in [-0.05, 0) is 0 Å². The predicted octanol–water partition coefficient (Wildman–Crippen LogP) is -0.586. The highest BCUT2D eigenvalue weighted by Crippen LogP contribution is 1.85. The second-order valence-electron chi connectivity index (χ2n) is 1.39. The van der Waals surface area contributed by atoms with E-state index in [9.17, 15) is 0 Å². The lowest BCUT2D eigenvalue weighted by molar-refractivity contribution is 0.377. The molecule has 48 valence electrons. The molecule has 0 aliphatic heterocycles. The first-order valence-electron chi connectivity index (χ1n) is 2.47. The fourth-order valence-corrected chi connectivity index (χ4v) is 0.254. The Morgan fingerprint density at radius 2 is 1.44 bits per heavy atom. The van der Waals surface area contributed by atoms with Crippen LogP contribution in [-0.2, 0) is 4.57 Å². The third-order valence-corrected chi connectivity index (χ3v) is 0.682. The van der Waals surface area contributed by atoms with Gasteiger partial charge < -0.3 is 14.6 Å². The van der Waals surface area contributed by atoms with Gasteiger partial charge in [0.2, 0.25) is 0 Å². The van der Waals surface area contributed by atoms with Gasteiger partial charge in [-0.1, -0.05) is 12.0 Å². The second-order valence-corrected chi connectivity index (χ2v) is 1.39. The summed E-state index contributed by atoms with van der Waals surface area (Å²) in [5.74, 6) is 2.32. The van der Waals surface area contributed by atoms with Crippen molar-refractivity contribution in [3.63, 3.8) is 0 Å². The van der Waals surface area contributed by atoms with Crippen LogP contribution < -0.4 is 0 Å². The van der Waals surface area contributed by atoms with Gasteiger partial charge in [0.1, 0.15) is 0 Å². The third-order valence-electron chi connectivity index (χ3n) is 0.682. The van der Waals surface area contributed by atoms with E-state index in [1.807, 2.05) is 0 Å². The highest BCUT2D eigenvalue weighted by atomic mass is 16.5. The SMILES string of the molecule is C=CB(O)OB(O)C=C.